The summed E-state index contributed by atoms with van der Waals surface area (Å²) in [4.78, 5) is 68.2. The van der Waals surface area contributed by atoms with Crippen molar-refractivity contribution < 1.29 is 56.9 Å². The number of hydrogen-bond donors (Lipinski definition) is 3. The summed E-state index contributed by atoms with van der Waals surface area (Å²) >= 11 is 0. The molecular formula is C15H26O12Si2. The highest BCUT2D eigenvalue weighted by Gasteiger charge is 2.29. The molecule has 14 heteroatoms. The molecule has 0 aliphatic carbocycles. The van der Waals surface area contributed by atoms with E-state index in [0.29, 0.717) is 0 Å². The average molecular weight is 455 g/mol. The fraction of sp³-hybridized carbons (Fsp3) is 0.467. The van der Waals surface area contributed by atoms with Crippen molar-refractivity contribution in [1.82, 2.24) is 0 Å². The summed E-state index contributed by atoms with van der Waals surface area (Å²) in [5.41, 5.74) is 0. The molecule has 3 N–H and O–H groups in total. The average Bonchev–Trinajstić information content (AvgIpc) is 2.66. The zero-order valence-electron chi connectivity index (χ0n) is 16.7. The van der Waals surface area contributed by atoms with Gasteiger partial charge in [0.05, 0.1) is 14.2 Å². The zero-order chi connectivity index (χ0) is 23.1. The van der Waals surface area contributed by atoms with Crippen LogP contribution in [-0.4, -0.2) is 89.2 Å². The Balaban J connectivity index is 0. The van der Waals surface area contributed by atoms with Crippen LogP contribution in [0.1, 0.15) is 0 Å². The number of esters is 4. The summed E-state index contributed by atoms with van der Waals surface area (Å²) in [6.07, 6.45) is 2.98. The first kappa shape index (κ1) is 28.8. The number of methoxy groups -OCH3 is 2. The summed E-state index contributed by atoms with van der Waals surface area (Å²) < 4.78 is 22.7. The molecule has 0 aromatic carbocycles. The molecule has 0 radical (unpaired) electrons. The van der Waals surface area contributed by atoms with Crippen LogP contribution in [0.3, 0.4) is 0 Å². The van der Waals surface area contributed by atoms with Crippen LogP contribution in [-0.2, 0) is 42.6 Å². The topological polar surface area (TPSA) is 175 Å². The second kappa shape index (κ2) is 14.6. The van der Waals surface area contributed by atoms with Gasteiger partial charge in [-0.05, 0) is 13.1 Å². The molecule has 0 aromatic rings. The van der Waals surface area contributed by atoms with Gasteiger partial charge in [0, 0.05) is 31.4 Å². The van der Waals surface area contributed by atoms with Crippen LogP contribution in [0.25, 0.3) is 0 Å². The third-order valence-electron chi connectivity index (χ3n) is 2.64. The lowest BCUT2D eigenvalue weighted by atomic mass is 10.5. The van der Waals surface area contributed by atoms with Gasteiger partial charge >= 0.3 is 32.7 Å². The summed E-state index contributed by atoms with van der Waals surface area (Å²) in [6, 6.07) is 0. The Kier molecular flexibility index (Phi) is 14.5. The molecule has 0 heterocycles. The SMILES string of the molecule is COC(=O)/C=C/C(=O)OC[Si](C)(C)OC.COC(=O)/C=C/C(=O)OC[Si](O)(O)O. The summed E-state index contributed by atoms with van der Waals surface area (Å²) in [5.74, 6) is -2.89. The minimum absolute atomic E-state index is 0.258. The Morgan fingerprint density at radius 2 is 1.03 bits per heavy atom. The summed E-state index contributed by atoms with van der Waals surface area (Å²) in [7, 11) is -2.32. The van der Waals surface area contributed by atoms with Crippen molar-refractivity contribution in [2.24, 2.45) is 0 Å². The monoisotopic (exact) mass is 454 g/mol. The molecule has 0 aliphatic heterocycles. The van der Waals surface area contributed by atoms with Crippen molar-refractivity contribution in [2.45, 2.75) is 13.1 Å². The quantitative estimate of drug-likeness (QED) is 0.157. The highest BCUT2D eigenvalue weighted by Crippen LogP contribution is 2.02. The maximum Gasteiger partial charge on any atom is 0.532 e. The number of carbonyl (C=O) groups is 4. The molecule has 0 saturated carbocycles. The van der Waals surface area contributed by atoms with E-state index in [2.05, 4.69) is 14.2 Å². The Morgan fingerprint density at radius 1 is 0.690 bits per heavy atom. The summed E-state index contributed by atoms with van der Waals surface area (Å²) in [5, 5.41) is 0. The Hall–Kier alpha value is -2.37. The predicted molar refractivity (Wildman–Crippen MR) is 101 cm³/mol. The van der Waals surface area contributed by atoms with Gasteiger partial charge in [-0.2, -0.15) is 0 Å². The first-order valence-corrected chi connectivity index (χ1v) is 13.0. The van der Waals surface area contributed by atoms with E-state index in [0.717, 1.165) is 31.4 Å². The van der Waals surface area contributed by atoms with E-state index in [1.807, 2.05) is 13.1 Å². The van der Waals surface area contributed by atoms with E-state index in [1.54, 1.807) is 7.11 Å². The first-order valence-electron chi connectivity index (χ1n) is 7.84. The lowest BCUT2D eigenvalue weighted by Crippen LogP contribution is -2.41. The molecule has 0 unspecified atom stereocenters. The van der Waals surface area contributed by atoms with Gasteiger partial charge in [0.2, 0.25) is 8.32 Å². The fourth-order valence-electron chi connectivity index (χ4n) is 0.976. The molecule has 0 aromatic heterocycles. The Morgan fingerprint density at radius 3 is 1.34 bits per heavy atom. The number of rotatable bonds is 9. The minimum Gasteiger partial charge on any atom is -0.466 e. The van der Waals surface area contributed by atoms with Gasteiger partial charge in [0.25, 0.3) is 0 Å². The standard InChI is InChI=1S/C9H16O5Si.C6H10O7Si/c1-12-8(10)5-6-9(11)14-7-15(3,4)13-2;1-12-5(7)2-3-6(8)13-4-14(9,10)11/h5-6H,7H2,1-4H3;2-3,9-11H,4H2,1H3/b6-5+;3-2+. The van der Waals surface area contributed by atoms with E-state index >= 15 is 0 Å². The predicted octanol–water partition coefficient (Wildman–Crippen LogP) is -1.64. The molecular weight excluding hydrogens is 428 g/mol. The molecule has 166 valence electrons. The highest BCUT2D eigenvalue weighted by atomic mass is 28.4. The highest BCUT2D eigenvalue weighted by molar-refractivity contribution is 6.71. The lowest BCUT2D eigenvalue weighted by Gasteiger charge is -2.18. The van der Waals surface area contributed by atoms with Gasteiger partial charge in [-0.25, -0.2) is 19.2 Å². The van der Waals surface area contributed by atoms with Crippen LogP contribution in [0.5, 0.6) is 0 Å². The second-order valence-electron chi connectivity index (χ2n) is 5.67. The van der Waals surface area contributed by atoms with Gasteiger partial charge in [-0.3, -0.25) is 0 Å². The van der Waals surface area contributed by atoms with Gasteiger partial charge < -0.3 is 37.8 Å². The van der Waals surface area contributed by atoms with Crippen LogP contribution >= 0.6 is 0 Å². The molecule has 0 aliphatic rings. The zero-order valence-corrected chi connectivity index (χ0v) is 18.7. The van der Waals surface area contributed by atoms with Crippen molar-refractivity contribution in [3.63, 3.8) is 0 Å². The second-order valence-corrected chi connectivity index (χ2v) is 11.7. The third kappa shape index (κ3) is 20.2. The van der Waals surface area contributed by atoms with Crippen molar-refractivity contribution in [3.05, 3.63) is 24.3 Å². The number of carbonyl (C=O) groups excluding carboxylic acids is 4. The Bertz CT molecular complexity index is 607. The molecule has 29 heavy (non-hydrogen) atoms. The molecule has 0 atom stereocenters. The molecule has 12 nitrogen and oxygen atoms in total. The molecule has 0 spiro atoms. The third-order valence-corrected chi connectivity index (χ3v) is 5.11. The van der Waals surface area contributed by atoms with Crippen LogP contribution in [0.15, 0.2) is 24.3 Å². The smallest absolute Gasteiger partial charge is 0.466 e. The van der Waals surface area contributed by atoms with E-state index < -0.39 is 47.2 Å². The maximum atomic E-state index is 11.1. The fourth-order valence-corrected chi connectivity index (χ4v) is 1.92. The van der Waals surface area contributed by atoms with Crippen LogP contribution < -0.4 is 0 Å². The van der Waals surface area contributed by atoms with E-state index in [4.69, 9.17) is 23.5 Å². The number of ether oxygens (including phenoxy) is 4. The van der Waals surface area contributed by atoms with Gasteiger partial charge in [-0.15, -0.1) is 0 Å². The van der Waals surface area contributed by atoms with E-state index in [1.165, 1.54) is 7.11 Å². The van der Waals surface area contributed by atoms with Crippen molar-refractivity contribution in [3.8, 4) is 0 Å². The van der Waals surface area contributed by atoms with Crippen molar-refractivity contribution >= 4 is 41.0 Å². The number of hydrogen-bond acceptors (Lipinski definition) is 12. The first-order chi connectivity index (χ1) is 13.3. The molecule has 0 rings (SSSR count). The maximum absolute atomic E-state index is 11.1. The normalized spacial score (nSPS) is 11.4. The lowest BCUT2D eigenvalue weighted by molar-refractivity contribution is -0.138. The molecule has 0 saturated heterocycles. The van der Waals surface area contributed by atoms with Crippen LogP contribution in [0, 0.1) is 0 Å². The molecule has 0 bridgehead atoms. The van der Waals surface area contributed by atoms with Gasteiger partial charge in [-0.1, -0.05) is 0 Å². The Labute approximate surface area is 169 Å². The largest absolute Gasteiger partial charge is 0.532 e. The summed E-state index contributed by atoms with van der Waals surface area (Å²) in [6.45, 7) is 3.84. The minimum atomic E-state index is -4.38. The molecule has 0 fully saturated rings. The van der Waals surface area contributed by atoms with Crippen molar-refractivity contribution in [2.75, 3.05) is 33.8 Å². The van der Waals surface area contributed by atoms with E-state index in [9.17, 15) is 19.2 Å². The van der Waals surface area contributed by atoms with Crippen molar-refractivity contribution in [1.29, 1.82) is 0 Å². The van der Waals surface area contributed by atoms with Gasteiger partial charge in [0.15, 0.2) is 6.23 Å². The molecule has 0 amide bonds. The van der Waals surface area contributed by atoms with Gasteiger partial charge in [0.1, 0.15) is 6.23 Å². The van der Waals surface area contributed by atoms with E-state index in [-0.39, 0.29) is 6.23 Å². The van der Waals surface area contributed by atoms with Crippen LogP contribution in [0.2, 0.25) is 13.1 Å². The van der Waals surface area contributed by atoms with Crippen LogP contribution in [0.4, 0.5) is 0 Å².